The molecule has 28 heavy (non-hydrogen) atoms. The Labute approximate surface area is 165 Å². The molecule has 0 saturated carbocycles. The van der Waals surface area contributed by atoms with Crippen LogP contribution in [0.15, 0.2) is 59.5 Å². The highest BCUT2D eigenvalue weighted by molar-refractivity contribution is 5.77. The Kier molecular flexibility index (Phi) is 4.74. The fourth-order valence-corrected chi connectivity index (χ4v) is 3.68. The van der Waals surface area contributed by atoms with E-state index in [0.29, 0.717) is 0 Å². The van der Waals surface area contributed by atoms with E-state index in [-0.39, 0.29) is 0 Å². The van der Waals surface area contributed by atoms with Crippen molar-refractivity contribution in [3.8, 4) is 22.4 Å². The number of hydrogen-bond acceptors (Lipinski definition) is 4. The van der Waals surface area contributed by atoms with Crippen molar-refractivity contribution in [3.05, 3.63) is 72.0 Å². The zero-order valence-corrected chi connectivity index (χ0v) is 16.7. The van der Waals surface area contributed by atoms with Gasteiger partial charge in [0.05, 0.1) is 23.9 Å². The molecule has 142 valence electrons. The number of aromatic amines is 1. The van der Waals surface area contributed by atoms with E-state index in [2.05, 4.69) is 76.3 Å². The Bertz CT molecular complexity index is 1060. The number of imidazole rings is 1. The second-order valence-corrected chi connectivity index (χ2v) is 6.96. The van der Waals surface area contributed by atoms with Gasteiger partial charge in [-0.05, 0) is 62.6 Å². The molecule has 5 nitrogen and oxygen atoms in total. The molecule has 0 atom stereocenters. The van der Waals surface area contributed by atoms with Crippen molar-refractivity contribution in [3.63, 3.8) is 0 Å². The highest BCUT2D eigenvalue weighted by Gasteiger charge is 2.16. The average Bonchev–Trinajstić information content (AvgIpc) is 3.35. The standard InChI is InChI=1S/C23H24N4O/c1-5-27(20-10-8-18(9-11-20)21-13-24-14-25-21)22-12-19(7-6-15(22)2)23-16(3)26-28-17(23)4/h6-14H,5H2,1-4H3,(H,24,25). The number of nitrogens with zero attached hydrogens (tertiary/aromatic N) is 3. The number of rotatable bonds is 5. The van der Waals surface area contributed by atoms with Crippen LogP contribution in [0.4, 0.5) is 11.4 Å². The van der Waals surface area contributed by atoms with Gasteiger partial charge >= 0.3 is 0 Å². The van der Waals surface area contributed by atoms with Crippen molar-refractivity contribution in [2.75, 3.05) is 11.4 Å². The summed E-state index contributed by atoms with van der Waals surface area (Å²) in [6.07, 6.45) is 3.54. The molecule has 0 bridgehead atoms. The summed E-state index contributed by atoms with van der Waals surface area (Å²) in [7, 11) is 0. The SMILES string of the molecule is CCN(c1ccc(-c2cnc[nH]2)cc1)c1cc(-c2c(C)noc2C)ccc1C. The predicted molar refractivity (Wildman–Crippen MR) is 113 cm³/mol. The summed E-state index contributed by atoms with van der Waals surface area (Å²) < 4.78 is 5.37. The van der Waals surface area contributed by atoms with Crippen LogP contribution in [0.5, 0.6) is 0 Å². The van der Waals surface area contributed by atoms with Crippen LogP contribution in [0, 0.1) is 20.8 Å². The van der Waals surface area contributed by atoms with Crippen molar-refractivity contribution in [1.29, 1.82) is 0 Å². The highest BCUT2D eigenvalue weighted by Crippen LogP contribution is 2.35. The Morgan fingerprint density at radius 1 is 1.00 bits per heavy atom. The molecule has 0 aliphatic carbocycles. The van der Waals surface area contributed by atoms with Gasteiger partial charge in [-0.3, -0.25) is 0 Å². The van der Waals surface area contributed by atoms with Crippen molar-refractivity contribution >= 4 is 11.4 Å². The third kappa shape index (κ3) is 3.20. The predicted octanol–water partition coefficient (Wildman–Crippen LogP) is 5.81. The molecular formula is C23H24N4O. The maximum absolute atomic E-state index is 5.37. The zero-order valence-electron chi connectivity index (χ0n) is 16.7. The van der Waals surface area contributed by atoms with Crippen molar-refractivity contribution in [2.24, 2.45) is 0 Å². The van der Waals surface area contributed by atoms with Crippen LogP contribution < -0.4 is 4.90 Å². The molecule has 0 fully saturated rings. The van der Waals surface area contributed by atoms with Gasteiger partial charge in [0.2, 0.25) is 0 Å². The van der Waals surface area contributed by atoms with Crippen molar-refractivity contribution < 1.29 is 4.52 Å². The van der Waals surface area contributed by atoms with Gasteiger partial charge in [-0.15, -0.1) is 0 Å². The second kappa shape index (κ2) is 7.35. The van der Waals surface area contributed by atoms with Crippen LogP contribution in [-0.2, 0) is 0 Å². The van der Waals surface area contributed by atoms with E-state index in [0.717, 1.165) is 46.1 Å². The Morgan fingerprint density at radius 3 is 2.36 bits per heavy atom. The van der Waals surface area contributed by atoms with Gasteiger partial charge in [0.1, 0.15) is 5.76 Å². The average molecular weight is 372 g/mol. The monoisotopic (exact) mass is 372 g/mol. The van der Waals surface area contributed by atoms with Gasteiger partial charge in [0.15, 0.2) is 0 Å². The minimum atomic E-state index is 0.847. The molecule has 4 aromatic rings. The van der Waals surface area contributed by atoms with Crippen molar-refractivity contribution in [2.45, 2.75) is 27.7 Å². The lowest BCUT2D eigenvalue weighted by molar-refractivity contribution is 0.393. The number of aromatic nitrogens is 3. The molecule has 0 unspecified atom stereocenters. The Balaban J connectivity index is 1.73. The molecule has 2 aromatic carbocycles. The second-order valence-electron chi connectivity index (χ2n) is 6.96. The van der Waals surface area contributed by atoms with Gasteiger partial charge in [0.25, 0.3) is 0 Å². The van der Waals surface area contributed by atoms with E-state index >= 15 is 0 Å². The number of hydrogen-bond donors (Lipinski definition) is 1. The molecule has 2 heterocycles. The van der Waals surface area contributed by atoms with Crippen molar-refractivity contribution in [1.82, 2.24) is 15.1 Å². The molecular weight excluding hydrogens is 348 g/mol. The smallest absolute Gasteiger partial charge is 0.141 e. The number of aryl methyl sites for hydroxylation is 3. The number of nitrogens with one attached hydrogen (secondary N) is 1. The molecule has 0 saturated heterocycles. The first-order valence-corrected chi connectivity index (χ1v) is 9.48. The summed E-state index contributed by atoms with van der Waals surface area (Å²) >= 11 is 0. The minimum absolute atomic E-state index is 0.847. The lowest BCUT2D eigenvalue weighted by Gasteiger charge is -2.26. The van der Waals surface area contributed by atoms with E-state index in [4.69, 9.17) is 4.52 Å². The first-order chi connectivity index (χ1) is 13.6. The number of benzene rings is 2. The summed E-state index contributed by atoms with van der Waals surface area (Å²) in [4.78, 5) is 9.58. The molecule has 1 N–H and O–H groups in total. The first-order valence-electron chi connectivity index (χ1n) is 9.48. The van der Waals surface area contributed by atoms with Gasteiger partial charge < -0.3 is 14.4 Å². The van der Waals surface area contributed by atoms with Crippen LogP contribution >= 0.6 is 0 Å². The van der Waals surface area contributed by atoms with E-state index in [1.807, 2.05) is 20.0 Å². The quantitative estimate of drug-likeness (QED) is 0.480. The van der Waals surface area contributed by atoms with Crippen LogP contribution in [0.2, 0.25) is 0 Å². The van der Waals surface area contributed by atoms with E-state index < -0.39 is 0 Å². The third-order valence-electron chi connectivity index (χ3n) is 5.13. The molecule has 0 aliphatic rings. The molecule has 5 heteroatoms. The van der Waals surface area contributed by atoms with Gasteiger partial charge in [-0.25, -0.2) is 4.98 Å². The van der Waals surface area contributed by atoms with Crippen LogP contribution in [-0.4, -0.2) is 21.7 Å². The van der Waals surface area contributed by atoms with Gasteiger partial charge in [-0.1, -0.05) is 29.4 Å². The van der Waals surface area contributed by atoms with E-state index in [1.54, 1.807) is 6.33 Å². The number of anilines is 2. The molecule has 2 aromatic heterocycles. The van der Waals surface area contributed by atoms with Crippen LogP contribution in [0.3, 0.4) is 0 Å². The minimum Gasteiger partial charge on any atom is -0.361 e. The summed E-state index contributed by atoms with van der Waals surface area (Å²) in [5.74, 6) is 0.847. The molecule has 0 radical (unpaired) electrons. The Morgan fingerprint density at radius 2 is 1.75 bits per heavy atom. The van der Waals surface area contributed by atoms with Crippen LogP contribution in [0.1, 0.15) is 23.9 Å². The maximum Gasteiger partial charge on any atom is 0.141 e. The summed E-state index contributed by atoms with van der Waals surface area (Å²) in [6, 6.07) is 15.1. The lowest BCUT2D eigenvalue weighted by Crippen LogP contribution is -2.17. The first kappa shape index (κ1) is 18.0. The zero-order chi connectivity index (χ0) is 19.7. The van der Waals surface area contributed by atoms with E-state index in [9.17, 15) is 0 Å². The fourth-order valence-electron chi connectivity index (χ4n) is 3.68. The van der Waals surface area contributed by atoms with Gasteiger partial charge in [-0.2, -0.15) is 0 Å². The highest BCUT2D eigenvalue weighted by atomic mass is 16.5. The third-order valence-corrected chi connectivity index (χ3v) is 5.13. The molecule has 4 rings (SSSR count). The van der Waals surface area contributed by atoms with Gasteiger partial charge in [0, 0.05) is 23.5 Å². The largest absolute Gasteiger partial charge is 0.361 e. The Hall–Kier alpha value is -3.34. The van der Waals surface area contributed by atoms with Crippen LogP contribution in [0.25, 0.3) is 22.4 Å². The maximum atomic E-state index is 5.37. The normalized spacial score (nSPS) is 11.0. The number of H-pyrrole nitrogens is 1. The molecule has 0 spiro atoms. The molecule has 0 amide bonds. The topological polar surface area (TPSA) is 58.0 Å². The lowest BCUT2D eigenvalue weighted by atomic mass is 10.0. The summed E-state index contributed by atoms with van der Waals surface area (Å²) in [5.41, 5.74) is 8.84. The summed E-state index contributed by atoms with van der Waals surface area (Å²) in [6.45, 7) is 9.13. The van der Waals surface area contributed by atoms with E-state index in [1.165, 1.54) is 11.3 Å². The fraction of sp³-hybridized carbons (Fsp3) is 0.217. The summed E-state index contributed by atoms with van der Waals surface area (Å²) in [5, 5.41) is 4.11. The molecule has 0 aliphatic heterocycles.